The zero-order valence-electron chi connectivity index (χ0n) is 19.9. The third-order valence-electron chi connectivity index (χ3n) is 5.15. The number of aromatic amines is 1. The second-order valence-electron chi connectivity index (χ2n) is 9.38. The van der Waals surface area contributed by atoms with Crippen LogP contribution in [0.2, 0.25) is 0 Å². The minimum atomic E-state index is -4.21. The molecule has 0 spiro atoms. The Balaban J connectivity index is 0.000000709. The van der Waals surface area contributed by atoms with Gasteiger partial charge in [0, 0.05) is 35.6 Å². The van der Waals surface area contributed by atoms with Gasteiger partial charge in [0.05, 0.1) is 22.5 Å². The third kappa shape index (κ3) is 5.89. The zero-order chi connectivity index (χ0) is 24.4. The van der Waals surface area contributed by atoms with E-state index in [2.05, 4.69) is 51.0 Å². The number of anilines is 1. The van der Waals surface area contributed by atoms with E-state index >= 15 is 0 Å². The maximum absolute atomic E-state index is 13.1. The molecule has 1 aliphatic rings. The molecule has 3 aromatic heterocycles. The molecule has 2 N–H and O–H groups in total. The molecule has 4 rings (SSSR count). The molecule has 0 aliphatic heterocycles. The molecule has 0 unspecified atom stereocenters. The number of hydrogen-bond donors (Lipinski definition) is 2. The summed E-state index contributed by atoms with van der Waals surface area (Å²) in [5, 5.41) is 3.49. The monoisotopic (exact) mass is 460 g/mol. The van der Waals surface area contributed by atoms with Crippen LogP contribution in [0.5, 0.6) is 0 Å². The smallest absolute Gasteiger partial charge is 0.353 e. The van der Waals surface area contributed by atoms with E-state index < -0.39 is 11.6 Å². The van der Waals surface area contributed by atoms with E-state index in [1.165, 1.54) is 0 Å². The van der Waals surface area contributed by atoms with Gasteiger partial charge in [-0.05, 0) is 51.7 Å². The Hall–Kier alpha value is -2.97. The number of alkyl halides is 3. The lowest BCUT2D eigenvalue weighted by Crippen LogP contribution is -2.31. The highest BCUT2D eigenvalue weighted by Crippen LogP contribution is 2.57. The number of nitrogens with one attached hydrogen (secondary N) is 2. The Morgan fingerprint density at radius 1 is 1.18 bits per heavy atom. The number of aryl methyl sites for hydroxylation is 1. The van der Waals surface area contributed by atoms with Crippen LogP contribution in [0.4, 0.5) is 24.8 Å². The number of hydrogen-bond acceptors (Lipinski definition) is 5. The molecule has 0 bridgehead atoms. The Morgan fingerprint density at radius 2 is 1.85 bits per heavy atom. The van der Waals surface area contributed by atoms with Crippen LogP contribution in [-0.2, 0) is 0 Å². The van der Waals surface area contributed by atoms with Crippen LogP contribution in [0.15, 0.2) is 29.5 Å². The van der Waals surface area contributed by atoms with Crippen LogP contribution < -0.4 is 5.32 Å². The van der Waals surface area contributed by atoms with Crippen LogP contribution in [0.3, 0.4) is 0 Å². The summed E-state index contributed by atoms with van der Waals surface area (Å²) in [5.41, 5.74) is 3.04. The highest BCUT2D eigenvalue weighted by molar-refractivity contribution is 5.92. The SMILES string of the molecule is CC(C)=Nc1ccc(-c2c[nH]c3nc(NCC4(C(F)(F)F)CC4)ncc23)nc1C.CC(C)C. The summed E-state index contributed by atoms with van der Waals surface area (Å²) in [7, 11) is 0. The molecule has 0 aromatic carbocycles. The van der Waals surface area contributed by atoms with Crippen molar-refractivity contribution in [2.24, 2.45) is 16.3 Å². The second-order valence-corrected chi connectivity index (χ2v) is 9.38. The minimum Gasteiger partial charge on any atom is -0.353 e. The van der Waals surface area contributed by atoms with Crippen LogP contribution >= 0.6 is 0 Å². The minimum absolute atomic E-state index is 0.140. The van der Waals surface area contributed by atoms with E-state index in [4.69, 9.17) is 0 Å². The maximum Gasteiger partial charge on any atom is 0.396 e. The first-order valence-corrected chi connectivity index (χ1v) is 11.1. The largest absolute Gasteiger partial charge is 0.396 e. The first-order valence-electron chi connectivity index (χ1n) is 11.1. The Bertz CT molecular complexity index is 1140. The fourth-order valence-electron chi connectivity index (χ4n) is 3.23. The van der Waals surface area contributed by atoms with E-state index in [0.717, 1.165) is 39.7 Å². The number of H-pyrrole nitrogens is 1. The van der Waals surface area contributed by atoms with Crippen molar-refractivity contribution in [2.45, 2.75) is 60.6 Å². The third-order valence-corrected chi connectivity index (χ3v) is 5.15. The lowest BCUT2D eigenvalue weighted by atomic mass is 10.1. The molecular formula is C24H31F3N6. The van der Waals surface area contributed by atoms with Gasteiger partial charge in [0.1, 0.15) is 5.65 Å². The van der Waals surface area contributed by atoms with E-state index in [-0.39, 0.29) is 25.3 Å². The topological polar surface area (TPSA) is 78.9 Å². The Kier molecular flexibility index (Phi) is 7.09. The molecule has 178 valence electrons. The first-order chi connectivity index (χ1) is 15.4. The molecule has 33 heavy (non-hydrogen) atoms. The molecular weight excluding hydrogens is 429 g/mol. The summed E-state index contributed by atoms with van der Waals surface area (Å²) in [6.07, 6.45) is -0.554. The zero-order valence-corrected chi connectivity index (χ0v) is 19.9. The molecule has 9 heteroatoms. The summed E-state index contributed by atoms with van der Waals surface area (Å²) < 4.78 is 39.2. The van der Waals surface area contributed by atoms with Crippen molar-refractivity contribution in [2.75, 3.05) is 11.9 Å². The lowest BCUT2D eigenvalue weighted by Gasteiger charge is -2.19. The average Bonchev–Trinajstić information content (AvgIpc) is 3.40. The van der Waals surface area contributed by atoms with Crippen LogP contribution in [-0.4, -0.2) is 38.4 Å². The van der Waals surface area contributed by atoms with Gasteiger partial charge in [-0.3, -0.25) is 9.98 Å². The molecule has 1 fully saturated rings. The van der Waals surface area contributed by atoms with Gasteiger partial charge in [0.2, 0.25) is 5.95 Å². The molecule has 6 nitrogen and oxygen atoms in total. The molecule has 0 saturated heterocycles. The number of pyridine rings is 1. The van der Waals surface area contributed by atoms with Gasteiger partial charge in [-0.1, -0.05) is 20.8 Å². The molecule has 0 amide bonds. The van der Waals surface area contributed by atoms with E-state index in [1.807, 2.05) is 32.9 Å². The van der Waals surface area contributed by atoms with Crippen LogP contribution in [0.25, 0.3) is 22.3 Å². The van der Waals surface area contributed by atoms with Gasteiger partial charge in [0.25, 0.3) is 0 Å². The van der Waals surface area contributed by atoms with Crippen molar-refractivity contribution in [3.63, 3.8) is 0 Å². The van der Waals surface area contributed by atoms with Gasteiger partial charge in [0.15, 0.2) is 0 Å². The maximum atomic E-state index is 13.1. The summed E-state index contributed by atoms with van der Waals surface area (Å²) >= 11 is 0. The fraction of sp³-hybridized carbons (Fsp3) is 0.500. The molecule has 3 heterocycles. The van der Waals surface area contributed by atoms with E-state index in [0.29, 0.717) is 5.65 Å². The molecule has 0 atom stereocenters. The van der Waals surface area contributed by atoms with Gasteiger partial charge in [-0.25, -0.2) is 4.98 Å². The standard InChI is InChI=1S/C20H21F3N6.C4H10/c1-11(2)27-15-4-5-16(28-12(15)3)13-8-24-17-14(13)9-25-18(29-17)26-10-19(6-7-19)20(21,22)23;1-4(2)3/h4-5,8-9H,6-7,10H2,1-3H3,(H2,24,25,26,29);4H,1-3H3. The van der Waals surface area contributed by atoms with E-state index in [9.17, 15) is 13.2 Å². The predicted molar refractivity (Wildman–Crippen MR) is 127 cm³/mol. The molecule has 1 saturated carbocycles. The number of halogens is 3. The lowest BCUT2D eigenvalue weighted by molar-refractivity contribution is -0.182. The summed E-state index contributed by atoms with van der Waals surface area (Å²) in [6, 6.07) is 3.79. The second kappa shape index (κ2) is 9.49. The predicted octanol–water partition coefficient (Wildman–Crippen LogP) is 6.86. The van der Waals surface area contributed by atoms with Gasteiger partial charge in [-0.15, -0.1) is 0 Å². The number of aliphatic imine (C=N–C) groups is 1. The highest BCUT2D eigenvalue weighted by atomic mass is 19.4. The van der Waals surface area contributed by atoms with E-state index in [1.54, 1.807) is 12.4 Å². The summed E-state index contributed by atoms with van der Waals surface area (Å²) in [6.45, 7) is 12.0. The van der Waals surface area contributed by atoms with Gasteiger partial charge < -0.3 is 10.3 Å². The van der Waals surface area contributed by atoms with Crippen molar-refractivity contribution < 1.29 is 13.2 Å². The molecule has 0 radical (unpaired) electrons. The van der Waals surface area contributed by atoms with Crippen molar-refractivity contribution >= 4 is 28.4 Å². The highest BCUT2D eigenvalue weighted by Gasteiger charge is 2.62. The summed E-state index contributed by atoms with van der Waals surface area (Å²) in [4.78, 5) is 20.6. The Morgan fingerprint density at radius 3 is 2.39 bits per heavy atom. The first kappa shape index (κ1) is 24.7. The number of fused-ring (bicyclic) bond motifs is 1. The Labute approximate surface area is 192 Å². The van der Waals surface area contributed by atoms with Gasteiger partial charge in [-0.2, -0.15) is 18.2 Å². The van der Waals surface area contributed by atoms with Crippen LogP contribution in [0.1, 0.15) is 53.2 Å². The van der Waals surface area contributed by atoms with Crippen LogP contribution in [0, 0.1) is 18.3 Å². The number of aromatic nitrogens is 4. The quantitative estimate of drug-likeness (QED) is 0.408. The van der Waals surface area contributed by atoms with Gasteiger partial charge >= 0.3 is 6.18 Å². The fourth-order valence-corrected chi connectivity index (χ4v) is 3.23. The van der Waals surface area contributed by atoms with Crippen molar-refractivity contribution in [1.82, 2.24) is 19.9 Å². The molecule has 3 aromatic rings. The number of rotatable bonds is 5. The average molecular weight is 461 g/mol. The number of nitrogens with zero attached hydrogens (tertiary/aromatic N) is 4. The van der Waals surface area contributed by atoms with Crippen molar-refractivity contribution in [3.05, 3.63) is 30.2 Å². The summed E-state index contributed by atoms with van der Waals surface area (Å²) in [5.74, 6) is 1.01. The molecule has 1 aliphatic carbocycles. The van der Waals surface area contributed by atoms with Crippen molar-refractivity contribution in [3.8, 4) is 11.3 Å². The normalized spacial score (nSPS) is 14.6. The van der Waals surface area contributed by atoms with Crippen molar-refractivity contribution in [1.29, 1.82) is 0 Å².